The number of carbonyl (C=O) groups is 1. The van der Waals surface area contributed by atoms with E-state index in [2.05, 4.69) is 0 Å². The third kappa shape index (κ3) is 2.75. The van der Waals surface area contributed by atoms with Gasteiger partial charge < -0.3 is 4.79 Å². The van der Waals surface area contributed by atoms with E-state index >= 15 is 0 Å². The largest absolute Gasteiger partial charge is 0.303 e. The molecule has 0 heterocycles. The minimum atomic E-state index is 0.0439. The van der Waals surface area contributed by atoms with Crippen LogP contribution in [0.15, 0.2) is 54.6 Å². The quantitative estimate of drug-likeness (QED) is 0.742. The molecular formula is C15H13ClO. The lowest BCUT2D eigenvalue weighted by atomic mass is 9.89. The Kier molecular flexibility index (Phi) is 3.94. The van der Waals surface area contributed by atoms with Crippen LogP contribution in [0.4, 0.5) is 0 Å². The van der Waals surface area contributed by atoms with Crippen molar-refractivity contribution in [2.24, 2.45) is 0 Å². The average molecular weight is 245 g/mol. The summed E-state index contributed by atoms with van der Waals surface area (Å²) >= 11 is 6.19. The fourth-order valence-corrected chi connectivity index (χ4v) is 2.25. The molecular weight excluding hydrogens is 232 g/mol. The van der Waals surface area contributed by atoms with Gasteiger partial charge in [0.2, 0.25) is 0 Å². The smallest absolute Gasteiger partial charge is 0.120 e. The molecule has 0 spiro atoms. The summed E-state index contributed by atoms with van der Waals surface area (Å²) in [7, 11) is 0. The zero-order valence-corrected chi connectivity index (χ0v) is 10.1. The molecule has 2 aromatic carbocycles. The molecule has 2 heteroatoms. The van der Waals surface area contributed by atoms with Gasteiger partial charge >= 0.3 is 0 Å². The van der Waals surface area contributed by atoms with E-state index in [0.717, 1.165) is 17.4 Å². The maximum Gasteiger partial charge on any atom is 0.120 e. The Balaban J connectivity index is 2.43. The molecule has 1 nitrogen and oxygen atoms in total. The first kappa shape index (κ1) is 11.9. The molecule has 2 rings (SSSR count). The van der Waals surface area contributed by atoms with Crippen LogP contribution in [0.3, 0.4) is 0 Å². The van der Waals surface area contributed by atoms with E-state index in [0.29, 0.717) is 11.4 Å². The summed E-state index contributed by atoms with van der Waals surface area (Å²) in [6.45, 7) is 0. The van der Waals surface area contributed by atoms with Gasteiger partial charge in [-0.25, -0.2) is 0 Å². The van der Waals surface area contributed by atoms with Gasteiger partial charge in [-0.05, 0) is 17.2 Å². The highest BCUT2D eigenvalue weighted by Crippen LogP contribution is 2.31. The van der Waals surface area contributed by atoms with Crippen LogP contribution in [0.1, 0.15) is 23.5 Å². The first-order valence-corrected chi connectivity index (χ1v) is 5.93. The molecule has 86 valence electrons. The lowest BCUT2D eigenvalue weighted by Gasteiger charge is -2.16. The third-order valence-corrected chi connectivity index (χ3v) is 3.16. The number of benzene rings is 2. The van der Waals surface area contributed by atoms with Crippen molar-refractivity contribution < 1.29 is 4.79 Å². The summed E-state index contributed by atoms with van der Waals surface area (Å²) in [4.78, 5) is 10.8. The Morgan fingerprint density at radius 3 is 2.29 bits per heavy atom. The highest BCUT2D eigenvalue weighted by Gasteiger charge is 2.15. The second-order valence-corrected chi connectivity index (χ2v) is 4.29. The summed E-state index contributed by atoms with van der Waals surface area (Å²) in [5.41, 5.74) is 2.13. The number of aldehydes is 1. The molecule has 0 bridgehead atoms. The van der Waals surface area contributed by atoms with Crippen LogP contribution >= 0.6 is 11.6 Å². The van der Waals surface area contributed by atoms with E-state index in [9.17, 15) is 4.79 Å². The highest BCUT2D eigenvalue weighted by atomic mass is 35.5. The number of carbonyl (C=O) groups excluding carboxylic acids is 1. The predicted octanol–water partition coefficient (Wildman–Crippen LogP) is 4.06. The molecule has 0 radical (unpaired) electrons. The number of hydrogen-bond acceptors (Lipinski definition) is 1. The zero-order chi connectivity index (χ0) is 12.1. The van der Waals surface area contributed by atoms with E-state index in [4.69, 9.17) is 11.6 Å². The minimum absolute atomic E-state index is 0.0439. The average Bonchev–Trinajstić information content (AvgIpc) is 2.38. The van der Waals surface area contributed by atoms with Crippen LogP contribution in [0.25, 0.3) is 0 Å². The van der Waals surface area contributed by atoms with Gasteiger partial charge in [-0.1, -0.05) is 60.1 Å². The summed E-state index contributed by atoms with van der Waals surface area (Å²) in [5.74, 6) is 0.0439. The SMILES string of the molecule is O=CCC(c1ccccc1)c1ccccc1Cl. The maximum atomic E-state index is 10.8. The van der Waals surface area contributed by atoms with Gasteiger partial charge in [0.1, 0.15) is 6.29 Å². The Labute approximate surface area is 106 Å². The van der Waals surface area contributed by atoms with Crippen LogP contribution in [0.5, 0.6) is 0 Å². The van der Waals surface area contributed by atoms with E-state index in [-0.39, 0.29) is 5.92 Å². The summed E-state index contributed by atoms with van der Waals surface area (Å²) in [6, 6.07) is 17.6. The van der Waals surface area contributed by atoms with E-state index in [1.165, 1.54) is 0 Å². The van der Waals surface area contributed by atoms with E-state index in [1.54, 1.807) is 0 Å². The lowest BCUT2D eigenvalue weighted by molar-refractivity contribution is -0.108. The van der Waals surface area contributed by atoms with Gasteiger partial charge in [0.25, 0.3) is 0 Å². The fraction of sp³-hybridized carbons (Fsp3) is 0.133. The Morgan fingerprint density at radius 1 is 1.00 bits per heavy atom. The normalized spacial score (nSPS) is 12.1. The second kappa shape index (κ2) is 5.65. The first-order valence-electron chi connectivity index (χ1n) is 5.56. The van der Waals surface area contributed by atoms with Crippen molar-refractivity contribution in [2.75, 3.05) is 0 Å². The van der Waals surface area contributed by atoms with Crippen LogP contribution < -0.4 is 0 Å². The van der Waals surface area contributed by atoms with Crippen molar-refractivity contribution in [1.29, 1.82) is 0 Å². The molecule has 0 aromatic heterocycles. The van der Waals surface area contributed by atoms with Crippen molar-refractivity contribution in [2.45, 2.75) is 12.3 Å². The van der Waals surface area contributed by atoms with Crippen molar-refractivity contribution >= 4 is 17.9 Å². The number of hydrogen-bond donors (Lipinski definition) is 0. The summed E-state index contributed by atoms with van der Waals surface area (Å²) in [6.07, 6.45) is 1.40. The van der Waals surface area contributed by atoms with Crippen LogP contribution in [-0.4, -0.2) is 6.29 Å². The highest BCUT2D eigenvalue weighted by molar-refractivity contribution is 6.31. The summed E-state index contributed by atoms with van der Waals surface area (Å²) in [5, 5.41) is 0.711. The van der Waals surface area contributed by atoms with E-state index < -0.39 is 0 Å². The Hall–Kier alpha value is -1.60. The number of halogens is 1. The topological polar surface area (TPSA) is 17.1 Å². The standard InChI is InChI=1S/C15H13ClO/c16-15-9-5-4-8-14(15)13(10-11-17)12-6-2-1-3-7-12/h1-9,11,13H,10H2. The minimum Gasteiger partial charge on any atom is -0.303 e. The Bertz CT molecular complexity index is 493. The molecule has 1 atom stereocenters. The number of rotatable bonds is 4. The van der Waals surface area contributed by atoms with Crippen molar-refractivity contribution in [3.05, 3.63) is 70.7 Å². The van der Waals surface area contributed by atoms with Crippen molar-refractivity contribution in [3.63, 3.8) is 0 Å². The van der Waals surface area contributed by atoms with E-state index in [1.807, 2.05) is 54.6 Å². The predicted molar refractivity (Wildman–Crippen MR) is 70.4 cm³/mol. The molecule has 0 aliphatic carbocycles. The Morgan fingerprint density at radius 2 is 1.65 bits per heavy atom. The molecule has 0 saturated heterocycles. The van der Waals surface area contributed by atoms with Crippen LogP contribution in [-0.2, 0) is 4.79 Å². The lowest BCUT2D eigenvalue weighted by Crippen LogP contribution is -2.02. The van der Waals surface area contributed by atoms with Gasteiger partial charge in [-0.15, -0.1) is 0 Å². The van der Waals surface area contributed by atoms with Crippen molar-refractivity contribution in [1.82, 2.24) is 0 Å². The monoisotopic (exact) mass is 244 g/mol. The molecule has 0 aliphatic heterocycles. The van der Waals surface area contributed by atoms with Gasteiger partial charge in [0, 0.05) is 17.4 Å². The molecule has 0 saturated carbocycles. The molecule has 2 aromatic rings. The van der Waals surface area contributed by atoms with Crippen LogP contribution in [0.2, 0.25) is 5.02 Å². The zero-order valence-electron chi connectivity index (χ0n) is 9.34. The molecule has 1 unspecified atom stereocenters. The molecule has 0 amide bonds. The molecule has 0 aliphatic rings. The van der Waals surface area contributed by atoms with Gasteiger partial charge in [0.15, 0.2) is 0 Å². The first-order chi connectivity index (χ1) is 8.33. The van der Waals surface area contributed by atoms with Crippen molar-refractivity contribution in [3.8, 4) is 0 Å². The van der Waals surface area contributed by atoms with Gasteiger partial charge in [-0.3, -0.25) is 0 Å². The molecule has 0 N–H and O–H groups in total. The second-order valence-electron chi connectivity index (χ2n) is 3.89. The van der Waals surface area contributed by atoms with Gasteiger partial charge in [0.05, 0.1) is 0 Å². The third-order valence-electron chi connectivity index (χ3n) is 2.81. The molecule has 17 heavy (non-hydrogen) atoms. The van der Waals surface area contributed by atoms with Gasteiger partial charge in [-0.2, -0.15) is 0 Å². The molecule has 0 fully saturated rings. The summed E-state index contributed by atoms with van der Waals surface area (Å²) < 4.78 is 0. The fourth-order valence-electron chi connectivity index (χ4n) is 1.98. The van der Waals surface area contributed by atoms with Crippen LogP contribution in [0, 0.1) is 0 Å². The maximum absolute atomic E-state index is 10.8.